The highest BCUT2D eigenvalue weighted by Gasteiger charge is 2.22. The number of quaternary nitrogens is 1. The van der Waals surface area contributed by atoms with Crippen LogP contribution in [0.15, 0.2) is 146 Å². The van der Waals surface area contributed by atoms with Gasteiger partial charge in [-0.1, -0.05) is 352 Å². The first-order valence-electron chi connectivity index (χ1n) is 39.5. The zero-order valence-electron chi connectivity index (χ0n) is 62.8. The average Bonchev–Trinajstić information content (AvgIpc) is 2.54. The van der Waals surface area contributed by atoms with E-state index in [0.717, 1.165) is 116 Å². The average molecular weight is 1360 g/mol. The van der Waals surface area contributed by atoms with Crippen molar-refractivity contribution in [1.29, 1.82) is 0 Å². The normalized spacial score (nSPS) is 13.9. The summed E-state index contributed by atoms with van der Waals surface area (Å²) in [5.74, 6) is -0.825. The molecule has 2 unspecified atom stereocenters. The zero-order valence-corrected chi connectivity index (χ0v) is 63.7. The first-order valence-corrected chi connectivity index (χ1v) is 41.0. The number of ether oxygens (including phenoxy) is 2. The van der Waals surface area contributed by atoms with Crippen molar-refractivity contribution in [1.82, 2.24) is 0 Å². The van der Waals surface area contributed by atoms with Gasteiger partial charge in [0.05, 0.1) is 27.7 Å². The number of carbonyl (C=O) groups excluding carboxylic acids is 2. The molecule has 0 saturated heterocycles. The van der Waals surface area contributed by atoms with Gasteiger partial charge in [0.25, 0.3) is 7.82 Å². The third-order valence-electron chi connectivity index (χ3n) is 16.9. The lowest BCUT2D eigenvalue weighted by Crippen LogP contribution is -2.37. The number of nitrogens with zero attached hydrogens (tertiary/aromatic N) is 1. The van der Waals surface area contributed by atoms with Gasteiger partial charge < -0.3 is 27.9 Å². The SMILES string of the molecule is CC/C=C\C/C=C\C/C=C\C/C=C\C/C=C\C/C=C\C/C=C\C/C=C\CCCCCCCCCCCCCCCCCCC(=O)OC(COC(=O)CCCCCCCCCCCCCCCCCCCC/C=C\C/C=C\C/C=C\C/C=C\CC)COP(=O)([O-])OCC[N+](C)(C)C. The lowest BCUT2D eigenvalue weighted by atomic mass is 10.0. The molecule has 0 saturated carbocycles. The van der Waals surface area contributed by atoms with Gasteiger partial charge in [0, 0.05) is 12.8 Å². The van der Waals surface area contributed by atoms with Crippen LogP contribution in [0.4, 0.5) is 0 Å². The van der Waals surface area contributed by atoms with E-state index in [9.17, 15) is 19.0 Å². The minimum Gasteiger partial charge on any atom is -0.756 e. The molecule has 0 aliphatic carbocycles. The number of hydrogen-bond donors (Lipinski definition) is 0. The molecule has 0 rings (SSSR count). The molecule has 0 amide bonds. The van der Waals surface area contributed by atoms with E-state index in [0.29, 0.717) is 17.4 Å². The summed E-state index contributed by atoms with van der Waals surface area (Å²) in [6, 6.07) is 0. The first kappa shape index (κ1) is 91.9. The van der Waals surface area contributed by atoms with Crippen LogP contribution in [0.2, 0.25) is 0 Å². The molecule has 96 heavy (non-hydrogen) atoms. The van der Waals surface area contributed by atoms with Crippen molar-refractivity contribution in [3.8, 4) is 0 Å². The highest BCUT2D eigenvalue weighted by atomic mass is 31.2. The van der Waals surface area contributed by atoms with Crippen molar-refractivity contribution < 1.29 is 42.1 Å². The molecule has 0 aromatic carbocycles. The van der Waals surface area contributed by atoms with E-state index in [-0.39, 0.29) is 32.0 Å². The van der Waals surface area contributed by atoms with Gasteiger partial charge in [-0.2, -0.15) is 0 Å². The fourth-order valence-corrected chi connectivity index (χ4v) is 11.6. The van der Waals surface area contributed by atoms with Gasteiger partial charge in [-0.15, -0.1) is 0 Å². The number of likely N-dealkylation sites (N-methyl/N-ethyl adjacent to an activating group) is 1. The number of hydrogen-bond acceptors (Lipinski definition) is 8. The number of phosphoric acid groups is 1. The van der Waals surface area contributed by atoms with E-state index >= 15 is 0 Å². The van der Waals surface area contributed by atoms with Crippen LogP contribution in [-0.4, -0.2) is 70.0 Å². The van der Waals surface area contributed by atoms with Crippen molar-refractivity contribution in [2.75, 3.05) is 47.5 Å². The fraction of sp³-hybridized carbons (Fsp3) is 0.698. The largest absolute Gasteiger partial charge is 0.756 e. The smallest absolute Gasteiger partial charge is 0.306 e. The summed E-state index contributed by atoms with van der Waals surface area (Å²) in [7, 11) is 1.17. The van der Waals surface area contributed by atoms with Crippen LogP contribution in [-0.2, 0) is 32.7 Å². The Morgan fingerprint density at radius 1 is 0.323 bits per heavy atom. The molecular formula is C86H148NO8P. The number of rotatable bonds is 72. The highest BCUT2D eigenvalue weighted by Crippen LogP contribution is 2.38. The Kier molecular flexibility index (Phi) is 71.9. The maximum atomic E-state index is 12.9. The molecule has 550 valence electrons. The predicted molar refractivity (Wildman–Crippen MR) is 415 cm³/mol. The number of phosphoric ester groups is 1. The second kappa shape index (κ2) is 75.1. The maximum absolute atomic E-state index is 12.9. The van der Waals surface area contributed by atoms with Gasteiger partial charge in [-0.05, 0) is 116 Å². The molecule has 9 nitrogen and oxygen atoms in total. The summed E-state index contributed by atoms with van der Waals surface area (Å²) >= 11 is 0. The maximum Gasteiger partial charge on any atom is 0.306 e. The molecule has 0 N–H and O–H groups in total. The fourth-order valence-electron chi connectivity index (χ4n) is 10.9. The molecule has 0 aliphatic rings. The van der Waals surface area contributed by atoms with E-state index in [1.54, 1.807) is 0 Å². The van der Waals surface area contributed by atoms with Crippen molar-refractivity contribution >= 4 is 19.8 Å². The van der Waals surface area contributed by atoms with Crippen LogP contribution >= 0.6 is 7.82 Å². The van der Waals surface area contributed by atoms with Crippen LogP contribution in [0.3, 0.4) is 0 Å². The Bertz CT molecular complexity index is 2140. The Morgan fingerprint density at radius 2 is 0.562 bits per heavy atom. The number of allylic oxidation sites excluding steroid dienone is 24. The van der Waals surface area contributed by atoms with Gasteiger partial charge in [-0.25, -0.2) is 0 Å². The molecule has 0 aromatic heterocycles. The standard InChI is InChI=1S/C86H148NO8P/c1-6-8-10-12-14-16-18-20-22-24-26-28-30-32-34-36-38-39-40-41-42-43-44-45-46-47-49-51-53-55-57-59-61-63-65-67-69-71-73-75-77-79-86(89)95-84(83-94-96(90,91)93-81-80-87(3,4)5)82-92-85(88)78-76-74-72-70-68-66-64-62-60-58-56-54-52-50-48-37-35-33-31-29-27-25-23-21-19-17-15-13-11-9-7-2/h8-11,14-17,20-23,26-29,32,34,38-39,41-42,44-45,84H,6-7,12-13,18-19,24-25,30-31,33,35-37,40,43,46-83H2,1-5H3/b10-8-,11-9-,16-14-,17-15-,22-20-,23-21-,28-26-,29-27-,34-32-,39-38-,42-41-,45-44-. The molecule has 0 bridgehead atoms. The molecule has 0 aliphatic heterocycles. The Hall–Kier alpha value is -4.11. The number of carbonyl (C=O) groups is 2. The monoisotopic (exact) mass is 1350 g/mol. The van der Waals surface area contributed by atoms with Gasteiger partial charge in [-0.3, -0.25) is 14.2 Å². The van der Waals surface area contributed by atoms with Crippen molar-refractivity contribution in [3.05, 3.63) is 146 Å². The van der Waals surface area contributed by atoms with Gasteiger partial charge in [0.2, 0.25) is 0 Å². The summed E-state index contributed by atoms with van der Waals surface area (Å²) in [6.07, 6.45) is 111. The molecule has 0 fully saturated rings. The number of esters is 2. The van der Waals surface area contributed by atoms with Crippen molar-refractivity contribution in [3.63, 3.8) is 0 Å². The highest BCUT2D eigenvalue weighted by molar-refractivity contribution is 7.45. The first-order chi connectivity index (χ1) is 47.0. The van der Waals surface area contributed by atoms with E-state index < -0.39 is 26.5 Å². The van der Waals surface area contributed by atoms with E-state index in [4.69, 9.17) is 18.5 Å². The molecule has 0 radical (unpaired) electrons. The lowest BCUT2D eigenvalue weighted by Gasteiger charge is -2.28. The zero-order chi connectivity index (χ0) is 69.7. The summed E-state index contributed by atoms with van der Waals surface area (Å²) in [5.41, 5.74) is 0. The van der Waals surface area contributed by atoms with Gasteiger partial charge >= 0.3 is 11.9 Å². The Balaban J connectivity index is 3.98. The lowest BCUT2D eigenvalue weighted by molar-refractivity contribution is -0.870. The van der Waals surface area contributed by atoms with Gasteiger partial charge in [0.15, 0.2) is 6.10 Å². The third kappa shape index (κ3) is 78.9. The summed E-state index contributed by atoms with van der Waals surface area (Å²) < 4.78 is 34.4. The minimum absolute atomic E-state index is 0.0341. The second-order valence-corrected chi connectivity index (χ2v) is 28.7. The topological polar surface area (TPSA) is 111 Å². The van der Waals surface area contributed by atoms with Gasteiger partial charge in [0.1, 0.15) is 19.8 Å². The molecule has 0 spiro atoms. The quantitative estimate of drug-likeness (QED) is 0.0195. The Labute approximate surface area is 593 Å². The van der Waals surface area contributed by atoms with Crippen LogP contribution < -0.4 is 4.89 Å². The second-order valence-electron chi connectivity index (χ2n) is 27.3. The number of unbranched alkanes of at least 4 members (excludes halogenated alkanes) is 34. The van der Waals surface area contributed by atoms with Crippen LogP contribution in [0.5, 0.6) is 0 Å². The molecule has 2 atom stereocenters. The summed E-state index contributed by atoms with van der Waals surface area (Å²) in [4.78, 5) is 38.2. The predicted octanol–water partition coefficient (Wildman–Crippen LogP) is 25.9. The minimum atomic E-state index is -4.65. The summed E-state index contributed by atoms with van der Waals surface area (Å²) in [6.45, 7) is 4.04. The van der Waals surface area contributed by atoms with Crippen LogP contribution in [0.1, 0.15) is 335 Å². The van der Waals surface area contributed by atoms with E-state index in [2.05, 4.69) is 160 Å². The van der Waals surface area contributed by atoms with Crippen LogP contribution in [0, 0.1) is 0 Å². The molecule has 10 heteroatoms. The van der Waals surface area contributed by atoms with E-state index in [1.807, 2.05) is 21.1 Å². The third-order valence-corrected chi connectivity index (χ3v) is 17.8. The van der Waals surface area contributed by atoms with Crippen molar-refractivity contribution in [2.45, 2.75) is 341 Å². The molecule has 0 aromatic rings. The summed E-state index contributed by atoms with van der Waals surface area (Å²) in [5, 5.41) is 0. The molecular weight excluding hydrogens is 1210 g/mol. The Morgan fingerprint density at radius 3 is 0.833 bits per heavy atom. The van der Waals surface area contributed by atoms with Crippen molar-refractivity contribution in [2.24, 2.45) is 0 Å². The van der Waals surface area contributed by atoms with Crippen LogP contribution in [0.25, 0.3) is 0 Å². The molecule has 0 heterocycles. The van der Waals surface area contributed by atoms with E-state index in [1.165, 1.54) is 186 Å².